The molecule has 0 aliphatic heterocycles. The van der Waals surface area contributed by atoms with Crippen molar-refractivity contribution in [2.45, 2.75) is 6.54 Å². The van der Waals surface area contributed by atoms with Crippen LogP contribution in [0.2, 0.25) is 0 Å². The molecule has 0 saturated heterocycles. The van der Waals surface area contributed by atoms with E-state index in [4.69, 9.17) is 5.11 Å². The average molecular weight is 236 g/mol. The Morgan fingerprint density at radius 2 is 2.35 bits per heavy atom. The number of carbonyl (C=O) groups excluding carboxylic acids is 1. The third-order valence-electron chi connectivity index (χ3n) is 1.85. The van der Waals surface area contributed by atoms with Gasteiger partial charge in [-0.15, -0.1) is 5.10 Å². The zero-order chi connectivity index (χ0) is 12.3. The standard InChI is InChI=1S/C8H8N6O3/c15-7(4-14-2-1-9-13-14)10-6-3-5(8(16)17)11-12-6/h1-3H,4H2,(H,16,17)(H2,10,11,12,15). The lowest BCUT2D eigenvalue weighted by Gasteiger charge is -2.00. The molecular weight excluding hydrogens is 228 g/mol. The number of hydrogen-bond donors (Lipinski definition) is 3. The minimum Gasteiger partial charge on any atom is -0.477 e. The summed E-state index contributed by atoms with van der Waals surface area (Å²) in [6.07, 6.45) is 2.98. The summed E-state index contributed by atoms with van der Waals surface area (Å²) >= 11 is 0. The van der Waals surface area contributed by atoms with E-state index in [-0.39, 0.29) is 24.0 Å². The van der Waals surface area contributed by atoms with E-state index in [1.807, 2.05) is 0 Å². The van der Waals surface area contributed by atoms with E-state index in [9.17, 15) is 9.59 Å². The number of aromatic amines is 1. The fraction of sp³-hybridized carbons (Fsp3) is 0.125. The summed E-state index contributed by atoms with van der Waals surface area (Å²) in [6, 6.07) is 1.22. The highest BCUT2D eigenvalue weighted by Gasteiger charge is 2.10. The summed E-state index contributed by atoms with van der Waals surface area (Å²) in [5, 5.41) is 24.1. The van der Waals surface area contributed by atoms with Crippen LogP contribution in [0, 0.1) is 0 Å². The smallest absolute Gasteiger partial charge is 0.353 e. The first-order valence-electron chi connectivity index (χ1n) is 4.58. The SMILES string of the molecule is O=C(Cn1ccnn1)Nc1cc(C(=O)O)[nH]n1. The monoisotopic (exact) mass is 236 g/mol. The van der Waals surface area contributed by atoms with Gasteiger partial charge in [0.15, 0.2) is 5.82 Å². The Bertz CT molecular complexity index is 531. The van der Waals surface area contributed by atoms with Gasteiger partial charge in [0.25, 0.3) is 0 Å². The van der Waals surface area contributed by atoms with Gasteiger partial charge in [0, 0.05) is 12.3 Å². The molecule has 88 valence electrons. The van der Waals surface area contributed by atoms with E-state index >= 15 is 0 Å². The van der Waals surface area contributed by atoms with Crippen LogP contribution in [0.25, 0.3) is 0 Å². The Kier molecular flexibility index (Phi) is 2.81. The number of carbonyl (C=O) groups is 2. The molecule has 1 amide bonds. The van der Waals surface area contributed by atoms with Crippen LogP contribution in [0.3, 0.4) is 0 Å². The molecule has 0 bridgehead atoms. The zero-order valence-corrected chi connectivity index (χ0v) is 8.49. The summed E-state index contributed by atoms with van der Waals surface area (Å²) in [4.78, 5) is 22.0. The van der Waals surface area contributed by atoms with Gasteiger partial charge < -0.3 is 10.4 Å². The highest BCUT2D eigenvalue weighted by Crippen LogP contribution is 2.05. The number of H-pyrrole nitrogens is 1. The second kappa shape index (κ2) is 4.43. The van der Waals surface area contributed by atoms with Crippen LogP contribution in [0.1, 0.15) is 10.5 Å². The largest absolute Gasteiger partial charge is 0.477 e. The number of anilines is 1. The van der Waals surface area contributed by atoms with Gasteiger partial charge in [0.2, 0.25) is 5.91 Å². The number of rotatable bonds is 4. The van der Waals surface area contributed by atoms with Crippen molar-refractivity contribution in [3.63, 3.8) is 0 Å². The molecule has 0 radical (unpaired) electrons. The van der Waals surface area contributed by atoms with Crippen molar-refractivity contribution in [1.29, 1.82) is 0 Å². The number of amides is 1. The van der Waals surface area contributed by atoms with E-state index in [2.05, 4.69) is 25.8 Å². The van der Waals surface area contributed by atoms with Gasteiger partial charge in [-0.25, -0.2) is 9.48 Å². The van der Waals surface area contributed by atoms with Gasteiger partial charge in [0.05, 0.1) is 6.20 Å². The predicted octanol–water partition coefficient (Wildman–Crippen LogP) is -0.662. The van der Waals surface area contributed by atoms with Gasteiger partial charge in [-0.05, 0) is 0 Å². The number of carboxylic acid groups (broad SMARTS) is 1. The summed E-state index contributed by atoms with van der Waals surface area (Å²) in [5.74, 6) is -1.37. The van der Waals surface area contributed by atoms with Gasteiger partial charge in [0.1, 0.15) is 12.2 Å². The molecular formula is C8H8N6O3. The lowest BCUT2D eigenvalue weighted by atomic mass is 10.4. The highest BCUT2D eigenvalue weighted by molar-refractivity contribution is 5.91. The van der Waals surface area contributed by atoms with Gasteiger partial charge in [-0.1, -0.05) is 5.21 Å². The molecule has 0 aliphatic rings. The molecule has 17 heavy (non-hydrogen) atoms. The molecule has 9 nitrogen and oxygen atoms in total. The van der Waals surface area contributed by atoms with Crippen molar-refractivity contribution >= 4 is 17.7 Å². The van der Waals surface area contributed by atoms with E-state index in [1.54, 1.807) is 0 Å². The van der Waals surface area contributed by atoms with Crippen molar-refractivity contribution in [1.82, 2.24) is 25.2 Å². The molecule has 0 fully saturated rings. The Hall–Kier alpha value is -2.71. The molecule has 0 atom stereocenters. The lowest BCUT2D eigenvalue weighted by Crippen LogP contribution is -2.19. The molecule has 0 unspecified atom stereocenters. The van der Waals surface area contributed by atoms with Crippen LogP contribution in [0.5, 0.6) is 0 Å². The van der Waals surface area contributed by atoms with Crippen molar-refractivity contribution in [2.75, 3.05) is 5.32 Å². The van der Waals surface area contributed by atoms with E-state index in [0.29, 0.717) is 0 Å². The molecule has 0 aromatic carbocycles. The Morgan fingerprint density at radius 3 is 2.94 bits per heavy atom. The Balaban J connectivity index is 1.96. The molecule has 2 heterocycles. The molecule has 2 rings (SSSR count). The van der Waals surface area contributed by atoms with Gasteiger partial charge in [-0.2, -0.15) is 5.10 Å². The first-order chi connectivity index (χ1) is 8.15. The third kappa shape index (κ3) is 2.65. The van der Waals surface area contributed by atoms with Crippen LogP contribution in [0.4, 0.5) is 5.82 Å². The number of aromatic carboxylic acids is 1. The minimum atomic E-state index is -1.14. The van der Waals surface area contributed by atoms with E-state index in [0.717, 1.165) is 0 Å². The fourth-order valence-electron chi connectivity index (χ4n) is 1.14. The molecule has 0 saturated carbocycles. The molecule has 2 aromatic heterocycles. The highest BCUT2D eigenvalue weighted by atomic mass is 16.4. The van der Waals surface area contributed by atoms with Gasteiger partial charge >= 0.3 is 5.97 Å². The van der Waals surface area contributed by atoms with Gasteiger partial charge in [-0.3, -0.25) is 9.89 Å². The topological polar surface area (TPSA) is 126 Å². The zero-order valence-electron chi connectivity index (χ0n) is 8.49. The maximum Gasteiger partial charge on any atom is 0.353 e. The number of hydrogen-bond acceptors (Lipinski definition) is 5. The maximum absolute atomic E-state index is 11.5. The molecule has 2 aromatic rings. The Morgan fingerprint density at radius 1 is 1.53 bits per heavy atom. The Labute approximate surface area is 94.4 Å². The number of aromatic nitrogens is 5. The van der Waals surface area contributed by atoms with Crippen molar-refractivity contribution in [2.24, 2.45) is 0 Å². The summed E-state index contributed by atoms with van der Waals surface area (Å²) in [5.41, 5.74) is -0.0962. The van der Waals surface area contributed by atoms with Crippen LogP contribution in [-0.2, 0) is 11.3 Å². The lowest BCUT2D eigenvalue weighted by molar-refractivity contribution is -0.117. The van der Waals surface area contributed by atoms with E-state index in [1.165, 1.54) is 23.1 Å². The summed E-state index contributed by atoms with van der Waals surface area (Å²) in [6.45, 7) is -0.0186. The number of nitrogens with zero attached hydrogens (tertiary/aromatic N) is 4. The fourth-order valence-corrected chi connectivity index (χ4v) is 1.14. The normalized spacial score (nSPS) is 10.1. The number of carboxylic acids is 1. The second-order valence-corrected chi connectivity index (χ2v) is 3.12. The predicted molar refractivity (Wildman–Crippen MR) is 54.2 cm³/mol. The molecule has 0 spiro atoms. The first kappa shape index (κ1) is 10.8. The molecule has 0 aliphatic carbocycles. The maximum atomic E-state index is 11.5. The second-order valence-electron chi connectivity index (χ2n) is 3.12. The summed E-state index contributed by atoms with van der Waals surface area (Å²) < 4.78 is 1.33. The van der Waals surface area contributed by atoms with Crippen LogP contribution in [0.15, 0.2) is 18.5 Å². The number of nitrogens with one attached hydrogen (secondary N) is 2. The van der Waals surface area contributed by atoms with Crippen LogP contribution in [-0.4, -0.2) is 42.2 Å². The van der Waals surface area contributed by atoms with Crippen molar-refractivity contribution in [3.8, 4) is 0 Å². The summed E-state index contributed by atoms with van der Waals surface area (Å²) in [7, 11) is 0. The molecule has 9 heteroatoms. The first-order valence-corrected chi connectivity index (χ1v) is 4.58. The van der Waals surface area contributed by atoms with Crippen LogP contribution < -0.4 is 5.32 Å². The third-order valence-corrected chi connectivity index (χ3v) is 1.85. The average Bonchev–Trinajstić information content (AvgIpc) is 2.88. The minimum absolute atomic E-state index is 0.0186. The quantitative estimate of drug-likeness (QED) is 0.646. The van der Waals surface area contributed by atoms with E-state index < -0.39 is 5.97 Å². The van der Waals surface area contributed by atoms with Crippen molar-refractivity contribution < 1.29 is 14.7 Å². The van der Waals surface area contributed by atoms with Crippen LogP contribution >= 0.6 is 0 Å². The molecule has 3 N–H and O–H groups in total. The van der Waals surface area contributed by atoms with Crippen molar-refractivity contribution in [3.05, 3.63) is 24.2 Å².